The van der Waals surface area contributed by atoms with Crippen LogP contribution in [0.2, 0.25) is 0 Å². The van der Waals surface area contributed by atoms with Crippen molar-refractivity contribution in [1.29, 1.82) is 0 Å². The van der Waals surface area contributed by atoms with E-state index in [1.807, 2.05) is 45.0 Å². The maximum absolute atomic E-state index is 12.1. The van der Waals surface area contributed by atoms with Gasteiger partial charge in [0.2, 0.25) is 0 Å². The summed E-state index contributed by atoms with van der Waals surface area (Å²) in [7, 11) is 1.33. The van der Waals surface area contributed by atoms with Crippen molar-refractivity contribution in [1.82, 2.24) is 0 Å². The van der Waals surface area contributed by atoms with E-state index >= 15 is 0 Å². The van der Waals surface area contributed by atoms with Crippen molar-refractivity contribution in [3.05, 3.63) is 41.5 Å². The Balaban J connectivity index is 2.87. The Morgan fingerprint density at radius 3 is 2.48 bits per heavy atom. The summed E-state index contributed by atoms with van der Waals surface area (Å²) in [4.78, 5) is 23.2. The van der Waals surface area contributed by atoms with Crippen LogP contribution in [-0.4, -0.2) is 24.6 Å². The van der Waals surface area contributed by atoms with E-state index in [-0.39, 0.29) is 11.9 Å². The molecule has 0 aliphatic rings. The first-order chi connectivity index (χ1) is 9.73. The molecule has 0 N–H and O–H groups in total. The first kappa shape index (κ1) is 17.0. The van der Waals surface area contributed by atoms with Gasteiger partial charge in [0.05, 0.1) is 13.0 Å². The molecule has 0 aliphatic heterocycles. The minimum absolute atomic E-state index is 0.267. The van der Waals surface area contributed by atoms with E-state index in [2.05, 4.69) is 4.74 Å². The van der Waals surface area contributed by atoms with Gasteiger partial charge in [-0.05, 0) is 44.9 Å². The Hall–Kier alpha value is -2.10. The Morgan fingerprint density at radius 2 is 1.90 bits per heavy atom. The molecule has 0 spiro atoms. The molecule has 0 saturated heterocycles. The normalized spacial score (nSPS) is 13.0. The van der Waals surface area contributed by atoms with Gasteiger partial charge in [-0.2, -0.15) is 0 Å². The Morgan fingerprint density at radius 1 is 1.24 bits per heavy atom. The third-order valence-corrected chi connectivity index (χ3v) is 2.78. The molecule has 4 nitrogen and oxygen atoms in total. The highest BCUT2D eigenvalue weighted by Gasteiger charge is 2.22. The number of esters is 2. The van der Waals surface area contributed by atoms with E-state index in [9.17, 15) is 9.59 Å². The molecule has 21 heavy (non-hydrogen) atoms. The fourth-order valence-corrected chi connectivity index (χ4v) is 1.69. The molecule has 0 radical (unpaired) electrons. The second kappa shape index (κ2) is 7.07. The molecule has 0 aromatic heterocycles. The van der Waals surface area contributed by atoms with Crippen molar-refractivity contribution in [2.75, 3.05) is 7.11 Å². The molecule has 114 valence electrons. The standard InChI is InChI=1S/C17H22O4/c1-12(16(19)21-17(2,3)4)14-8-6-7-13(11-14)9-10-15(18)20-5/h6-12H,1-5H3. The summed E-state index contributed by atoms with van der Waals surface area (Å²) < 4.78 is 9.92. The fraction of sp³-hybridized carbons (Fsp3) is 0.412. The van der Waals surface area contributed by atoms with Gasteiger partial charge in [-0.15, -0.1) is 0 Å². The monoisotopic (exact) mass is 290 g/mol. The summed E-state index contributed by atoms with van der Waals surface area (Å²) in [6.07, 6.45) is 2.99. The number of ether oxygens (including phenoxy) is 2. The first-order valence-corrected chi connectivity index (χ1v) is 6.82. The SMILES string of the molecule is COC(=O)C=Cc1cccc(C(C)C(=O)OC(C)(C)C)c1. The van der Waals surface area contributed by atoms with E-state index in [0.29, 0.717) is 0 Å². The predicted octanol–water partition coefficient (Wildman–Crippen LogP) is 3.32. The quantitative estimate of drug-likeness (QED) is 0.630. The van der Waals surface area contributed by atoms with Crippen molar-refractivity contribution in [2.45, 2.75) is 39.2 Å². The molecular weight excluding hydrogens is 268 g/mol. The van der Waals surface area contributed by atoms with E-state index in [1.165, 1.54) is 13.2 Å². The summed E-state index contributed by atoms with van der Waals surface area (Å²) in [6, 6.07) is 7.41. The third kappa shape index (κ3) is 5.81. The number of benzene rings is 1. The summed E-state index contributed by atoms with van der Waals surface area (Å²) in [5, 5.41) is 0. The summed E-state index contributed by atoms with van der Waals surface area (Å²) in [6.45, 7) is 7.32. The lowest BCUT2D eigenvalue weighted by atomic mass is 9.98. The van der Waals surface area contributed by atoms with Crippen molar-refractivity contribution < 1.29 is 19.1 Å². The van der Waals surface area contributed by atoms with E-state index in [4.69, 9.17) is 4.74 Å². The molecular formula is C17H22O4. The van der Waals surface area contributed by atoms with Gasteiger partial charge >= 0.3 is 11.9 Å². The largest absolute Gasteiger partial charge is 0.466 e. The van der Waals surface area contributed by atoms with Crippen LogP contribution in [0.5, 0.6) is 0 Å². The molecule has 0 saturated carbocycles. The van der Waals surface area contributed by atoms with Crippen LogP contribution in [0.3, 0.4) is 0 Å². The van der Waals surface area contributed by atoms with E-state index in [0.717, 1.165) is 11.1 Å². The van der Waals surface area contributed by atoms with Crippen LogP contribution in [0.1, 0.15) is 44.7 Å². The number of methoxy groups -OCH3 is 1. The molecule has 4 heteroatoms. The Kier molecular flexibility index (Phi) is 5.70. The minimum Gasteiger partial charge on any atom is -0.466 e. The second-order valence-corrected chi connectivity index (χ2v) is 5.78. The average Bonchev–Trinajstić information content (AvgIpc) is 2.42. The van der Waals surface area contributed by atoms with E-state index in [1.54, 1.807) is 13.0 Å². The third-order valence-electron chi connectivity index (χ3n) is 2.78. The Labute approximate surface area is 125 Å². The molecule has 0 heterocycles. The fourth-order valence-electron chi connectivity index (χ4n) is 1.69. The summed E-state index contributed by atoms with van der Waals surface area (Å²) in [5.41, 5.74) is 1.16. The van der Waals surface area contributed by atoms with Gasteiger partial charge in [0.15, 0.2) is 0 Å². The number of hydrogen-bond donors (Lipinski definition) is 0. The highest BCUT2D eigenvalue weighted by molar-refractivity contribution is 5.87. The molecule has 0 aliphatic carbocycles. The molecule has 0 fully saturated rings. The van der Waals surface area contributed by atoms with Gasteiger partial charge in [0.25, 0.3) is 0 Å². The molecule has 1 rings (SSSR count). The molecule has 1 unspecified atom stereocenters. The minimum atomic E-state index is -0.506. The van der Waals surface area contributed by atoms with Crippen LogP contribution in [0, 0.1) is 0 Å². The van der Waals surface area contributed by atoms with Crippen LogP contribution in [0.15, 0.2) is 30.3 Å². The van der Waals surface area contributed by atoms with Crippen molar-refractivity contribution in [3.8, 4) is 0 Å². The lowest BCUT2D eigenvalue weighted by Crippen LogP contribution is -2.26. The zero-order valence-corrected chi connectivity index (χ0v) is 13.2. The summed E-state index contributed by atoms with van der Waals surface area (Å²) in [5.74, 6) is -1.05. The van der Waals surface area contributed by atoms with Gasteiger partial charge in [-0.25, -0.2) is 4.79 Å². The van der Waals surface area contributed by atoms with Crippen molar-refractivity contribution >= 4 is 18.0 Å². The lowest BCUT2D eigenvalue weighted by molar-refractivity contribution is -0.156. The number of hydrogen-bond acceptors (Lipinski definition) is 4. The van der Waals surface area contributed by atoms with Crippen LogP contribution in [-0.2, 0) is 19.1 Å². The summed E-state index contributed by atoms with van der Waals surface area (Å²) >= 11 is 0. The predicted molar refractivity (Wildman–Crippen MR) is 81.8 cm³/mol. The van der Waals surface area contributed by atoms with Gasteiger partial charge in [-0.1, -0.05) is 24.3 Å². The second-order valence-electron chi connectivity index (χ2n) is 5.78. The van der Waals surface area contributed by atoms with Crippen molar-refractivity contribution in [2.24, 2.45) is 0 Å². The number of carbonyl (C=O) groups is 2. The topological polar surface area (TPSA) is 52.6 Å². The van der Waals surface area contributed by atoms with Crippen LogP contribution in [0.25, 0.3) is 6.08 Å². The highest BCUT2D eigenvalue weighted by Crippen LogP contribution is 2.21. The zero-order valence-electron chi connectivity index (χ0n) is 13.2. The smallest absolute Gasteiger partial charge is 0.330 e. The lowest BCUT2D eigenvalue weighted by Gasteiger charge is -2.22. The molecule has 1 aromatic rings. The molecule has 1 atom stereocenters. The van der Waals surface area contributed by atoms with Crippen LogP contribution < -0.4 is 0 Å². The van der Waals surface area contributed by atoms with E-state index < -0.39 is 11.6 Å². The van der Waals surface area contributed by atoms with Crippen molar-refractivity contribution in [3.63, 3.8) is 0 Å². The van der Waals surface area contributed by atoms with Gasteiger partial charge in [0.1, 0.15) is 5.60 Å². The van der Waals surface area contributed by atoms with Gasteiger partial charge in [-0.3, -0.25) is 4.79 Å². The van der Waals surface area contributed by atoms with Crippen LogP contribution in [0.4, 0.5) is 0 Å². The van der Waals surface area contributed by atoms with Gasteiger partial charge in [0, 0.05) is 6.08 Å². The van der Waals surface area contributed by atoms with Crippen LogP contribution >= 0.6 is 0 Å². The number of carbonyl (C=O) groups excluding carboxylic acids is 2. The maximum atomic E-state index is 12.1. The molecule has 0 amide bonds. The zero-order chi connectivity index (χ0) is 16.0. The maximum Gasteiger partial charge on any atom is 0.330 e. The molecule has 1 aromatic carbocycles. The average molecular weight is 290 g/mol. The highest BCUT2D eigenvalue weighted by atomic mass is 16.6. The number of rotatable bonds is 4. The van der Waals surface area contributed by atoms with Gasteiger partial charge < -0.3 is 9.47 Å². The molecule has 0 bridgehead atoms. The first-order valence-electron chi connectivity index (χ1n) is 6.82. The Bertz CT molecular complexity index is 538.